The molecule has 4 rings (SSSR count). The van der Waals surface area contributed by atoms with Crippen LogP contribution in [-0.4, -0.2) is 63.9 Å². The first-order valence-electron chi connectivity index (χ1n) is 9.49. The first-order valence-corrected chi connectivity index (χ1v) is 9.49. The smallest absolute Gasteiger partial charge is 0.229 e. The van der Waals surface area contributed by atoms with Gasteiger partial charge in [0.1, 0.15) is 11.5 Å². The quantitative estimate of drug-likeness (QED) is 0.793. The number of ether oxygens (including phenoxy) is 1. The number of nitrogens with zero attached hydrogens (tertiary/aromatic N) is 5. The molecule has 0 aliphatic carbocycles. The second-order valence-electron chi connectivity index (χ2n) is 7.01. The van der Waals surface area contributed by atoms with E-state index in [0.29, 0.717) is 58.7 Å². The zero-order chi connectivity index (χ0) is 18.8. The Morgan fingerprint density at radius 2 is 2.07 bits per heavy atom. The number of aryl methyl sites for hydroxylation is 2. The Balaban J connectivity index is 1.43. The lowest BCUT2D eigenvalue weighted by Crippen LogP contribution is -2.41. The SMILES string of the molecule is Cn1cccc1-c1cc2n(n1)CCC(=O)N2CCCC(=O)N1CCOCC1. The molecule has 1 saturated heterocycles. The van der Waals surface area contributed by atoms with Crippen molar-refractivity contribution in [3.05, 3.63) is 24.4 Å². The van der Waals surface area contributed by atoms with E-state index in [9.17, 15) is 9.59 Å². The number of fused-ring (bicyclic) bond motifs is 1. The van der Waals surface area contributed by atoms with Crippen molar-refractivity contribution in [3.8, 4) is 11.4 Å². The Bertz CT molecular complexity index is 834. The van der Waals surface area contributed by atoms with E-state index in [1.807, 2.05) is 45.6 Å². The van der Waals surface area contributed by atoms with E-state index in [-0.39, 0.29) is 11.8 Å². The van der Waals surface area contributed by atoms with Crippen LogP contribution in [0.2, 0.25) is 0 Å². The summed E-state index contributed by atoms with van der Waals surface area (Å²) in [5.41, 5.74) is 1.88. The van der Waals surface area contributed by atoms with Crippen LogP contribution in [0.15, 0.2) is 24.4 Å². The van der Waals surface area contributed by atoms with Crippen molar-refractivity contribution in [2.24, 2.45) is 7.05 Å². The van der Waals surface area contributed by atoms with E-state index >= 15 is 0 Å². The first-order chi connectivity index (χ1) is 13.1. The van der Waals surface area contributed by atoms with Gasteiger partial charge in [-0.05, 0) is 18.6 Å². The maximum absolute atomic E-state index is 12.5. The van der Waals surface area contributed by atoms with Crippen molar-refractivity contribution in [1.29, 1.82) is 0 Å². The third-order valence-corrected chi connectivity index (χ3v) is 5.22. The Hall–Kier alpha value is -2.61. The number of rotatable bonds is 5. The van der Waals surface area contributed by atoms with Crippen molar-refractivity contribution < 1.29 is 14.3 Å². The average Bonchev–Trinajstić information content (AvgIpc) is 3.30. The van der Waals surface area contributed by atoms with Crippen LogP contribution < -0.4 is 4.90 Å². The standard InChI is InChI=1S/C19H25N5O3/c1-21-7-2-4-16(21)15-14-17-23(19(26)6-9-24(17)20-15)8-3-5-18(25)22-10-12-27-13-11-22/h2,4,7,14H,3,5-6,8-13H2,1H3. The van der Waals surface area contributed by atoms with Crippen LogP contribution in [0.25, 0.3) is 11.4 Å². The number of hydrogen-bond acceptors (Lipinski definition) is 4. The van der Waals surface area contributed by atoms with Gasteiger partial charge in [0.25, 0.3) is 0 Å². The highest BCUT2D eigenvalue weighted by molar-refractivity contribution is 5.94. The van der Waals surface area contributed by atoms with Gasteiger partial charge < -0.3 is 14.2 Å². The van der Waals surface area contributed by atoms with E-state index in [4.69, 9.17) is 4.74 Å². The predicted octanol–water partition coefficient (Wildman–Crippen LogP) is 1.26. The number of hydrogen-bond donors (Lipinski definition) is 0. The molecule has 27 heavy (non-hydrogen) atoms. The minimum absolute atomic E-state index is 0.0969. The van der Waals surface area contributed by atoms with Gasteiger partial charge in [0.2, 0.25) is 11.8 Å². The van der Waals surface area contributed by atoms with Gasteiger partial charge in [-0.15, -0.1) is 0 Å². The van der Waals surface area contributed by atoms with Gasteiger partial charge in [0, 0.05) is 51.8 Å². The second kappa shape index (κ2) is 7.56. The summed E-state index contributed by atoms with van der Waals surface area (Å²) >= 11 is 0. The van der Waals surface area contributed by atoms with E-state index in [2.05, 4.69) is 5.10 Å². The van der Waals surface area contributed by atoms with Crippen molar-refractivity contribution in [3.63, 3.8) is 0 Å². The molecule has 0 radical (unpaired) electrons. The molecule has 0 N–H and O–H groups in total. The van der Waals surface area contributed by atoms with Crippen LogP contribution in [0, 0.1) is 0 Å². The van der Waals surface area contributed by atoms with Crippen LogP contribution in [0.3, 0.4) is 0 Å². The lowest BCUT2D eigenvalue weighted by atomic mass is 10.2. The number of anilines is 1. The molecule has 0 unspecified atom stereocenters. The fourth-order valence-electron chi connectivity index (χ4n) is 3.70. The molecule has 2 aromatic rings. The number of carbonyl (C=O) groups excluding carboxylic acids is 2. The van der Waals surface area contributed by atoms with Crippen LogP contribution in [0.1, 0.15) is 19.3 Å². The average molecular weight is 371 g/mol. The highest BCUT2D eigenvalue weighted by atomic mass is 16.5. The van der Waals surface area contributed by atoms with Crippen LogP contribution in [-0.2, 0) is 27.9 Å². The topological polar surface area (TPSA) is 72.6 Å². The lowest BCUT2D eigenvalue weighted by Gasteiger charge is -2.29. The first kappa shape index (κ1) is 17.8. The molecular weight excluding hydrogens is 346 g/mol. The third kappa shape index (κ3) is 3.62. The van der Waals surface area contributed by atoms with E-state index in [1.54, 1.807) is 4.90 Å². The molecule has 2 aliphatic rings. The van der Waals surface area contributed by atoms with Gasteiger partial charge in [0.15, 0.2) is 0 Å². The minimum atomic E-state index is 0.0969. The van der Waals surface area contributed by atoms with Gasteiger partial charge in [-0.3, -0.25) is 14.5 Å². The molecule has 1 fully saturated rings. The molecule has 8 nitrogen and oxygen atoms in total. The van der Waals surface area contributed by atoms with E-state index in [1.165, 1.54) is 0 Å². The summed E-state index contributed by atoms with van der Waals surface area (Å²) in [7, 11) is 1.98. The molecule has 8 heteroatoms. The Labute approximate surface area is 158 Å². The number of carbonyl (C=O) groups is 2. The summed E-state index contributed by atoms with van der Waals surface area (Å²) in [5.74, 6) is 1.06. The van der Waals surface area contributed by atoms with Gasteiger partial charge in [-0.2, -0.15) is 5.10 Å². The molecule has 4 heterocycles. The lowest BCUT2D eigenvalue weighted by molar-refractivity contribution is -0.135. The van der Waals surface area contributed by atoms with Gasteiger partial charge in [-0.25, -0.2) is 4.68 Å². The maximum atomic E-state index is 12.5. The van der Waals surface area contributed by atoms with E-state index in [0.717, 1.165) is 17.2 Å². The minimum Gasteiger partial charge on any atom is -0.378 e. The summed E-state index contributed by atoms with van der Waals surface area (Å²) in [5, 5.41) is 4.67. The van der Waals surface area contributed by atoms with Gasteiger partial charge in [0.05, 0.1) is 25.5 Å². The Morgan fingerprint density at radius 3 is 2.81 bits per heavy atom. The van der Waals surface area contributed by atoms with Crippen molar-refractivity contribution in [1.82, 2.24) is 19.2 Å². The molecule has 2 aliphatic heterocycles. The largest absolute Gasteiger partial charge is 0.378 e. The summed E-state index contributed by atoms with van der Waals surface area (Å²) in [4.78, 5) is 28.4. The van der Waals surface area contributed by atoms with Crippen LogP contribution in [0.4, 0.5) is 5.82 Å². The normalized spacial score (nSPS) is 17.3. The van der Waals surface area contributed by atoms with Gasteiger partial charge in [-0.1, -0.05) is 0 Å². The molecular formula is C19H25N5O3. The third-order valence-electron chi connectivity index (χ3n) is 5.22. The van der Waals surface area contributed by atoms with Crippen molar-refractivity contribution >= 4 is 17.6 Å². The molecule has 2 amide bonds. The molecule has 0 saturated carbocycles. The highest BCUT2D eigenvalue weighted by Crippen LogP contribution is 2.28. The Morgan fingerprint density at radius 1 is 1.26 bits per heavy atom. The summed E-state index contributed by atoms with van der Waals surface area (Å²) in [6.45, 7) is 3.67. The predicted molar refractivity (Wildman–Crippen MR) is 100 cm³/mol. The van der Waals surface area contributed by atoms with E-state index < -0.39 is 0 Å². The Kier molecular flexibility index (Phi) is 4.98. The highest BCUT2D eigenvalue weighted by Gasteiger charge is 2.27. The molecule has 0 aromatic carbocycles. The monoisotopic (exact) mass is 371 g/mol. The van der Waals surface area contributed by atoms with Crippen molar-refractivity contribution in [2.75, 3.05) is 37.7 Å². The second-order valence-corrected chi connectivity index (χ2v) is 7.01. The van der Waals surface area contributed by atoms with Crippen LogP contribution in [0.5, 0.6) is 0 Å². The summed E-state index contributed by atoms with van der Waals surface area (Å²) < 4.78 is 9.20. The summed E-state index contributed by atoms with van der Waals surface area (Å²) in [6.07, 6.45) is 3.52. The van der Waals surface area contributed by atoms with Gasteiger partial charge >= 0.3 is 0 Å². The zero-order valence-corrected chi connectivity index (χ0v) is 15.6. The molecule has 144 valence electrons. The van der Waals surface area contributed by atoms with Crippen molar-refractivity contribution in [2.45, 2.75) is 25.8 Å². The molecule has 0 bridgehead atoms. The molecule has 0 spiro atoms. The zero-order valence-electron chi connectivity index (χ0n) is 15.6. The number of aromatic nitrogens is 3. The number of amides is 2. The van der Waals surface area contributed by atoms with Crippen LogP contribution >= 0.6 is 0 Å². The number of morpholine rings is 1. The fraction of sp³-hybridized carbons (Fsp3) is 0.526. The molecule has 0 atom stereocenters. The fourth-order valence-corrected chi connectivity index (χ4v) is 3.70. The maximum Gasteiger partial charge on any atom is 0.229 e. The summed E-state index contributed by atoms with van der Waals surface area (Å²) in [6, 6.07) is 5.96. The molecule has 2 aromatic heterocycles.